The number of carboxylic acids is 1. The maximum absolute atomic E-state index is 11.9. The van der Waals surface area contributed by atoms with Crippen molar-refractivity contribution in [1.29, 1.82) is 0 Å². The zero-order chi connectivity index (χ0) is 15.0. The standard InChI is InChI=1S/C13H25N3O4/c1-11(13(19)14-4-10-20-2)16-8-6-15(7-9-16)5-3-12(17)18/h11H,3-10H2,1-2H3,(H,14,19)(H,17,18). The average Bonchev–Trinajstić information content (AvgIpc) is 2.45. The van der Waals surface area contributed by atoms with Crippen molar-refractivity contribution in [3.8, 4) is 0 Å². The first-order chi connectivity index (χ1) is 9.54. The molecule has 0 saturated carbocycles. The number of rotatable bonds is 8. The molecule has 0 spiro atoms. The van der Waals surface area contributed by atoms with Crippen LogP contribution in [0.2, 0.25) is 0 Å². The summed E-state index contributed by atoms with van der Waals surface area (Å²) in [6.07, 6.45) is 0.174. The first-order valence-electron chi connectivity index (χ1n) is 6.99. The summed E-state index contributed by atoms with van der Waals surface area (Å²) in [4.78, 5) is 26.7. The SMILES string of the molecule is COCCNC(=O)C(C)N1CCN(CCC(=O)O)CC1. The van der Waals surface area contributed by atoms with Crippen molar-refractivity contribution in [1.82, 2.24) is 15.1 Å². The van der Waals surface area contributed by atoms with Gasteiger partial charge in [0, 0.05) is 46.4 Å². The van der Waals surface area contributed by atoms with Gasteiger partial charge in [-0.05, 0) is 6.92 Å². The van der Waals surface area contributed by atoms with Gasteiger partial charge < -0.3 is 20.1 Å². The lowest BCUT2D eigenvalue weighted by Gasteiger charge is -2.37. The van der Waals surface area contributed by atoms with Gasteiger partial charge in [-0.1, -0.05) is 0 Å². The fourth-order valence-electron chi connectivity index (χ4n) is 2.22. The molecule has 1 aliphatic rings. The molecule has 116 valence electrons. The van der Waals surface area contributed by atoms with Gasteiger partial charge in [-0.3, -0.25) is 14.5 Å². The molecule has 0 radical (unpaired) electrons. The molecule has 1 amide bonds. The zero-order valence-corrected chi connectivity index (χ0v) is 12.3. The normalized spacial score (nSPS) is 18.7. The monoisotopic (exact) mass is 287 g/mol. The Morgan fingerprint density at radius 2 is 1.95 bits per heavy atom. The van der Waals surface area contributed by atoms with Gasteiger partial charge >= 0.3 is 5.97 Å². The van der Waals surface area contributed by atoms with E-state index in [9.17, 15) is 9.59 Å². The first kappa shape index (κ1) is 16.9. The Kier molecular flexibility index (Phi) is 7.50. The number of ether oxygens (including phenoxy) is 1. The minimum absolute atomic E-state index is 0.0148. The number of nitrogens with one attached hydrogen (secondary N) is 1. The van der Waals surface area contributed by atoms with Crippen LogP contribution >= 0.6 is 0 Å². The van der Waals surface area contributed by atoms with E-state index >= 15 is 0 Å². The molecule has 7 heteroatoms. The van der Waals surface area contributed by atoms with Crippen LogP contribution in [0.4, 0.5) is 0 Å². The summed E-state index contributed by atoms with van der Waals surface area (Å²) < 4.78 is 4.89. The van der Waals surface area contributed by atoms with E-state index in [0.29, 0.717) is 19.7 Å². The Bertz CT molecular complexity index is 317. The largest absolute Gasteiger partial charge is 0.481 e. The molecule has 20 heavy (non-hydrogen) atoms. The number of carboxylic acid groups (broad SMARTS) is 1. The molecule has 1 saturated heterocycles. The molecule has 0 aromatic heterocycles. The zero-order valence-electron chi connectivity index (χ0n) is 12.3. The van der Waals surface area contributed by atoms with Crippen LogP contribution < -0.4 is 5.32 Å². The van der Waals surface area contributed by atoms with E-state index in [1.54, 1.807) is 7.11 Å². The second-order valence-corrected chi connectivity index (χ2v) is 4.98. The Labute approximate surface area is 119 Å². The Hall–Kier alpha value is -1.18. The topological polar surface area (TPSA) is 82.1 Å². The number of carbonyl (C=O) groups excluding carboxylic acids is 1. The number of hydrogen-bond acceptors (Lipinski definition) is 5. The summed E-state index contributed by atoms with van der Waals surface area (Å²) in [5.41, 5.74) is 0. The summed E-state index contributed by atoms with van der Waals surface area (Å²) in [7, 11) is 1.60. The van der Waals surface area contributed by atoms with E-state index in [1.165, 1.54) is 0 Å². The Balaban J connectivity index is 2.25. The molecule has 1 atom stereocenters. The molecule has 2 N–H and O–H groups in total. The predicted octanol–water partition coefficient (Wildman–Crippen LogP) is -0.770. The van der Waals surface area contributed by atoms with Crippen molar-refractivity contribution in [3.63, 3.8) is 0 Å². The lowest BCUT2D eigenvalue weighted by Crippen LogP contribution is -2.54. The number of piperazine rings is 1. The molecule has 7 nitrogen and oxygen atoms in total. The molecule has 1 unspecified atom stereocenters. The second-order valence-electron chi connectivity index (χ2n) is 4.98. The van der Waals surface area contributed by atoms with Gasteiger partial charge in [0.1, 0.15) is 0 Å². The third kappa shape index (κ3) is 5.85. The summed E-state index contributed by atoms with van der Waals surface area (Å²) in [6, 6.07) is -0.159. The summed E-state index contributed by atoms with van der Waals surface area (Å²) in [5, 5.41) is 11.5. The third-order valence-corrected chi connectivity index (χ3v) is 3.58. The van der Waals surface area contributed by atoms with Gasteiger partial charge in [-0.25, -0.2) is 0 Å². The number of carbonyl (C=O) groups is 2. The second kappa shape index (κ2) is 8.89. The van der Waals surface area contributed by atoms with Gasteiger partial charge in [-0.15, -0.1) is 0 Å². The van der Waals surface area contributed by atoms with Crippen LogP contribution in [-0.4, -0.2) is 85.8 Å². The molecule has 0 bridgehead atoms. The highest BCUT2D eigenvalue weighted by Gasteiger charge is 2.25. The summed E-state index contributed by atoms with van der Waals surface area (Å²) >= 11 is 0. The predicted molar refractivity (Wildman–Crippen MR) is 74.6 cm³/mol. The quantitative estimate of drug-likeness (QED) is 0.571. The summed E-state index contributed by atoms with van der Waals surface area (Å²) in [5.74, 6) is -0.751. The van der Waals surface area contributed by atoms with Gasteiger partial charge in [-0.2, -0.15) is 0 Å². The molecule has 0 aromatic rings. The van der Waals surface area contributed by atoms with Gasteiger partial charge in [0.15, 0.2) is 0 Å². The highest BCUT2D eigenvalue weighted by Crippen LogP contribution is 2.07. The van der Waals surface area contributed by atoms with Gasteiger partial charge in [0.2, 0.25) is 5.91 Å². The van der Waals surface area contributed by atoms with Crippen LogP contribution in [0.25, 0.3) is 0 Å². The number of hydrogen-bond donors (Lipinski definition) is 2. The molecular weight excluding hydrogens is 262 g/mol. The molecule has 0 aliphatic carbocycles. The van der Waals surface area contributed by atoms with E-state index in [-0.39, 0.29) is 18.4 Å². The molecule has 0 aromatic carbocycles. The fraction of sp³-hybridized carbons (Fsp3) is 0.846. The maximum Gasteiger partial charge on any atom is 0.304 e. The van der Waals surface area contributed by atoms with Crippen molar-refractivity contribution in [2.45, 2.75) is 19.4 Å². The van der Waals surface area contributed by atoms with Crippen molar-refractivity contribution in [2.24, 2.45) is 0 Å². The number of methoxy groups -OCH3 is 1. The smallest absolute Gasteiger partial charge is 0.304 e. The summed E-state index contributed by atoms with van der Waals surface area (Å²) in [6.45, 7) is 6.72. The lowest BCUT2D eigenvalue weighted by molar-refractivity contribution is -0.137. The Morgan fingerprint density at radius 3 is 2.50 bits per heavy atom. The molecular formula is C13H25N3O4. The van der Waals surface area contributed by atoms with E-state index in [1.807, 2.05) is 6.92 Å². The number of amides is 1. The molecule has 1 aliphatic heterocycles. The fourth-order valence-corrected chi connectivity index (χ4v) is 2.22. The van der Waals surface area contributed by atoms with Crippen LogP contribution in [0.15, 0.2) is 0 Å². The highest BCUT2D eigenvalue weighted by atomic mass is 16.5. The third-order valence-electron chi connectivity index (χ3n) is 3.58. The minimum Gasteiger partial charge on any atom is -0.481 e. The van der Waals surface area contributed by atoms with E-state index in [0.717, 1.165) is 26.2 Å². The molecule has 1 heterocycles. The number of nitrogens with zero attached hydrogens (tertiary/aromatic N) is 2. The van der Waals surface area contributed by atoms with E-state index < -0.39 is 5.97 Å². The van der Waals surface area contributed by atoms with Crippen molar-refractivity contribution < 1.29 is 19.4 Å². The highest BCUT2D eigenvalue weighted by molar-refractivity contribution is 5.81. The average molecular weight is 287 g/mol. The lowest BCUT2D eigenvalue weighted by atomic mass is 10.2. The van der Waals surface area contributed by atoms with Gasteiger partial charge in [0.05, 0.1) is 19.1 Å². The van der Waals surface area contributed by atoms with Crippen molar-refractivity contribution >= 4 is 11.9 Å². The molecule has 1 fully saturated rings. The van der Waals surface area contributed by atoms with Crippen LogP contribution in [-0.2, 0) is 14.3 Å². The van der Waals surface area contributed by atoms with Gasteiger partial charge in [0.25, 0.3) is 0 Å². The Morgan fingerprint density at radius 1 is 1.30 bits per heavy atom. The van der Waals surface area contributed by atoms with Crippen LogP contribution in [0, 0.1) is 0 Å². The maximum atomic E-state index is 11.9. The van der Waals surface area contributed by atoms with E-state index in [2.05, 4.69) is 15.1 Å². The van der Waals surface area contributed by atoms with Crippen molar-refractivity contribution in [2.75, 3.05) is 53.0 Å². The first-order valence-corrected chi connectivity index (χ1v) is 6.99. The van der Waals surface area contributed by atoms with Crippen LogP contribution in [0.3, 0.4) is 0 Å². The molecule has 1 rings (SSSR count). The van der Waals surface area contributed by atoms with Crippen molar-refractivity contribution in [3.05, 3.63) is 0 Å². The number of aliphatic carboxylic acids is 1. The van der Waals surface area contributed by atoms with Crippen LogP contribution in [0.1, 0.15) is 13.3 Å². The van der Waals surface area contributed by atoms with E-state index in [4.69, 9.17) is 9.84 Å². The van der Waals surface area contributed by atoms with Crippen LogP contribution in [0.5, 0.6) is 0 Å². The minimum atomic E-state index is -0.765.